The van der Waals surface area contributed by atoms with E-state index < -0.39 is 0 Å². The lowest BCUT2D eigenvalue weighted by molar-refractivity contribution is 0.301. The van der Waals surface area contributed by atoms with Gasteiger partial charge in [-0.15, -0.1) is 0 Å². The van der Waals surface area contributed by atoms with Crippen molar-refractivity contribution in [2.24, 2.45) is 5.92 Å². The van der Waals surface area contributed by atoms with Crippen LogP contribution in [0.4, 0.5) is 0 Å². The highest BCUT2D eigenvalue weighted by molar-refractivity contribution is 14.1. The van der Waals surface area contributed by atoms with Crippen molar-refractivity contribution in [3.8, 4) is 0 Å². The first kappa shape index (κ1) is 10.4. The quantitative estimate of drug-likeness (QED) is 0.842. The van der Waals surface area contributed by atoms with E-state index in [1.165, 1.54) is 34.9 Å². The van der Waals surface area contributed by atoms with Crippen molar-refractivity contribution in [1.29, 1.82) is 0 Å². The Bertz CT molecular complexity index is 277. The topological polar surface area (TPSA) is 12.0 Å². The van der Waals surface area contributed by atoms with E-state index in [-0.39, 0.29) is 0 Å². The van der Waals surface area contributed by atoms with E-state index in [0.717, 1.165) is 12.5 Å². The highest BCUT2D eigenvalue weighted by atomic mass is 127. The van der Waals surface area contributed by atoms with Crippen LogP contribution in [0.15, 0.2) is 24.3 Å². The zero-order valence-electron chi connectivity index (χ0n) is 8.30. The fraction of sp³-hybridized carbons (Fsp3) is 0.500. The Hall–Kier alpha value is -0.0900. The standard InChI is InChI=1S/C12H16IN/c13-12-6-4-11(5-7-12)9-14-8-10-2-1-3-10/h4-7,10,14H,1-3,8-9H2. The van der Waals surface area contributed by atoms with Gasteiger partial charge in [-0.25, -0.2) is 0 Å². The summed E-state index contributed by atoms with van der Waals surface area (Å²) in [6.45, 7) is 2.22. The molecule has 2 heteroatoms. The Morgan fingerprint density at radius 2 is 1.93 bits per heavy atom. The maximum absolute atomic E-state index is 3.52. The SMILES string of the molecule is Ic1ccc(CNCC2CCC2)cc1. The molecule has 1 aromatic rings. The molecule has 0 aromatic heterocycles. The summed E-state index contributed by atoms with van der Waals surface area (Å²) in [6, 6.07) is 8.74. The molecule has 1 aliphatic carbocycles. The number of nitrogens with one attached hydrogen (secondary N) is 1. The molecule has 0 atom stereocenters. The van der Waals surface area contributed by atoms with Gasteiger partial charge in [-0.05, 0) is 65.6 Å². The van der Waals surface area contributed by atoms with E-state index in [4.69, 9.17) is 0 Å². The minimum atomic E-state index is 0.957. The van der Waals surface area contributed by atoms with Crippen molar-refractivity contribution < 1.29 is 0 Å². The summed E-state index contributed by atoms with van der Waals surface area (Å²) < 4.78 is 1.31. The summed E-state index contributed by atoms with van der Waals surface area (Å²) in [5.41, 5.74) is 1.39. The third-order valence-corrected chi connectivity index (χ3v) is 3.62. The van der Waals surface area contributed by atoms with E-state index >= 15 is 0 Å². The average Bonchev–Trinajstić information content (AvgIpc) is 2.12. The molecule has 14 heavy (non-hydrogen) atoms. The highest BCUT2D eigenvalue weighted by Crippen LogP contribution is 2.25. The molecular weight excluding hydrogens is 285 g/mol. The van der Waals surface area contributed by atoms with Crippen molar-refractivity contribution in [2.75, 3.05) is 6.54 Å². The predicted molar refractivity (Wildman–Crippen MR) is 68.2 cm³/mol. The van der Waals surface area contributed by atoms with Gasteiger partial charge in [0.1, 0.15) is 0 Å². The van der Waals surface area contributed by atoms with Gasteiger partial charge >= 0.3 is 0 Å². The summed E-state index contributed by atoms with van der Waals surface area (Å²) >= 11 is 2.34. The van der Waals surface area contributed by atoms with Crippen LogP contribution in [0.2, 0.25) is 0 Å². The van der Waals surface area contributed by atoms with Gasteiger partial charge in [-0.3, -0.25) is 0 Å². The molecule has 76 valence electrons. The van der Waals surface area contributed by atoms with Gasteiger partial charge in [0.2, 0.25) is 0 Å². The lowest BCUT2D eigenvalue weighted by Gasteiger charge is -2.25. The minimum absolute atomic E-state index is 0.957. The molecule has 1 nitrogen and oxygen atoms in total. The largest absolute Gasteiger partial charge is 0.312 e. The number of hydrogen-bond acceptors (Lipinski definition) is 1. The molecule has 1 saturated carbocycles. The van der Waals surface area contributed by atoms with E-state index in [1.54, 1.807) is 0 Å². The van der Waals surface area contributed by atoms with Gasteiger partial charge in [0.05, 0.1) is 0 Å². The zero-order chi connectivity index (χ0) is 9.80. The molecule has 1 aromatic carbocycles. The van der Waals surface area contributed by atoms with E-state index in [2.05, 4.69) is 52.2 Å². The second-order valence-electron chi connectivity index (χ2n) is 4.05. The molecule has 0 spiro atoms. The zero-order valence-corrected chi connectivity index (χ0v) is 10.5. The molecule has 2 rings (SSSR count). The molecule has 0 amide bonds. The third-order valence-electron chi connectivity index (χ3n) is 2.90. The summed E-state index contributed by atoms with van der Waals surface area (Å²) in [5.74, 6) is 0.957. The Balaban J connectivity index is 1.71. The molecule has 1 fully saturated rings. The normalized spacial score (nSPS) is 16.6. The second-order valence-corrected chi connectivity index (χ2v) is 5.30. The van der Waals surface area contributed by atoms with Gasteiger partial charge in [0.15, 0.2) is 0 Å². The molecule has 0 aliphatic heterocycles. The summed E-state index contributed by atoms with van der Waals surface area (Å²) in [5, 5.41) is 3.52. The third kappa shape index (κ3) is 2.95. The highest BCUT2D eigenvalue weighted by Gasteiger charge is 2.15. The second kappa shape index (κ2) is 5.12. The van der Waals surface area contributed by atoms with Gasteiger partial charge in [-0.1, -0.05) is 18.6 Å². The number of benzene rings is 1. The van der Waals surface area contributed by atoms with E-state index in [9.17, 15) is 0 Å². The molecular formula is C12H16IN. The minimum Gasteiger partial charge on any atom is -0.312 e. The van der Waals surface area contributed by atoms with Gasteiger partial charge in [0, 0.05) is 10.1 Å². The monoisotopic (exact) mass is 301 g/mol. The molecule has 0 bridgehead atoms. The number of rotatable bonds is 4. The van der Waals surface area contributed by atoms with Gasteiger partial charge in [0.25, 0.3) is 0 Å². The van der Waals surface area contributed by atoms with Crippen molar-refractivity contribution in [3.63, 3.8) is 0 Å². The number of halogens is 1. The van der Waals surface area contributed by atoms with Crippen molar-refractivity contribution in [3.05, 3.63) is 33.4 Å². The van der Waals surface area contributed by atoms with Crippen LogP contribution in [0.3, 0.4) is 0 Å². The van der Waals surface area contributed by atoms with Crippen LogP contribution in [-0.2, 0) is 6.54 Å². The fourth-order valence-corrected chi connectivity index (χ4v) is 2.08. The van der Waals surface area contributed by atoms with Crippen molar-refractivity contribution >= 4 is 22.6 Å². The van der Waals surface area contributed by atoms with Crippen LogP contribution >= 0.6 is 22.6 Å². The summed E-state index contributed by atoms with van der Waals surface area (Å²) in [4.78, 5) is 0. The van der Waals surface area contributed by atoms with Gasteiger partial charge < -0.3 is 5.32 Å². The first-order valence-corrected chi connectivity index (χ1v) is 6.37. The van der Waals surface area contributed by atoms with E-state index in [0.29, 0.717) is 0 Å². The van der Waals surface area contributed by atoms with Crippen LogP contribution in [-0.4, -0.2) is 6.54 Å². The fourth-order valence-electron chi connectivity index (χ4n) is 1.72. The number of hydrogen-bond donors (Lipinski definition) is 1. The summed E-state index contributed by atoms with van der Waals surface area (Å²) in [6.07, 6.45) is 4.30. The molecule has 1 N–H and O–H groups in total. The predicted octanol–water partition coefficient (Wildman–Crippen LogP) is 3.18. The molecule has 1 aliphatic rings. The van der Waals surface area contributed by atoms with Crippen molar-refractivity contribution in [2.45, 2.75) is 25.8 Å². The Morgan fingerprint density at radius 1 is 1.21 bits per heavy atom. The van der Waals surface area contributed by atoms with Gasteiger partial charge in [-0.2, -0.15) is 0 Å². The van der Waals surface area contributed by atoms with Crippen LogP contribution < -0.4 is 5.32 Å². The van der Waals surface area contributed by atoms with Crippen LogP contribution in [0.1, 0.15) is 24.8 Å². The average molecular weight is 301 g/mol. The first-order chi connectivity index (χ1) is 6.84. The summed E-state index contributed by atoms with van der Waals surface area (Å²) in [7, 11) is 0. The Kier molecular flexibility index (Phi) is 3.81. The van der Waals surface area contributed by atoms with Crippen LogP contribution in [0, 0.1) is 9.49 Å². The molecule has 0 unspecified atom stereocenters. The lowest BCUT2D eigenvalue weighted by atomic mass is 9.85. The van der Waals surface area contributed by atoms with Crippen LogP contribution in [0.5, 0.6) is 0 Å². The maximum atomic E-state index is 3.52. The van der Waals surface area contributed by atoms with Crippen LogP contribution in [0.25, 0.3) is 0 Å². The Labute approximate surface area is 99.4 Å². The Morgan fingerprint density at radius 3 is 2.50 bits per heavy atom. The molecule has 0 radical (unpaired) electrons. The first-order valence-electron chi connectivity index (χ1n) is 5.30. The van der Waals surface area contributed by atoms with E-state index in [1.807, 2.05) is 0 Å². The lowest BCUT2D eigenvalue weighted by Crippen LogP contribution is -2.26. The van der Waals surface area contributed by atoms with Crippen molar-refractivity contribution in [1.82, 2.24) is 5.32 Å². The maximum Gasteiger partial charge on any atom is 0.0205 e. The molecule has 0 heterocycles. The smallest absolute Gasteiger partial charge is 0.0205 e. The molecule has 0 saturated heterocycles.